The first-order valence-corrected chi connectivity index (χ1v) is 7.62. The van der Waals surface area contributed by atoms with Crippen LogP contribution in [0.25, 0.3) is 0 Å². The van der Waals surface area contributed by atoms with Crippen molar-refractivity contribution in [2.75, 3.05) is 12.5 Å². The average Bonchev–Trinajstić information content (AvgIpc) is 2.00. The summed E-state index contributed by atoms with van der Waals surface area (Å²) in [6.07, 6.45) is 2.90. The quantitative estimate of drug-likeness (QED) is 0.751. The molecule has 1 rings (SSSR count). The Bertz CT molecular complexity index is 560. The summed E-state index contributed by atoms with van der Waals surface area (Å²) in [5.74, 6) is 0. The molecule has 15 heavy (non-hydrogen) atoms. The Labute approximate surface area is 88.5 Å². The van der Waals surface area contributed by atoms with Crippen molar-refractivity contribution >= 4 is 25.6 Å². The molecule has 0 radical (unpaired) electrons. The van der Waals surface area contributed by atoms with Crippen LogP contribution in [0.4, 0.5) is 9.57 Å². The van der Waals surface area contributed by atoms with Crippen molar-refractivity contribution in [3.63, 3.8) is 0 Å². The highest BCUT2D eigenvalue weighted by atomic mass is 32.3. The molecule has 0 atom stereocenters. The van der Waals surface area contributed by atoms with E-state index in [9.17, 15) is 16.5 Å². The zero-order valence-electron chi connectivity index (χ0n) is 8.18. The number of nitrogens with zero attached hydrogens (tertiary/aromatic N) is 1. The van der Waals surface area contributed by atoms with Gasteiger partial charge in [0, 0.05) is 22.2 Å². The van der Waals surface area contributed by atoms with Gasteiger partial charge in [-0.05, 0) is 24.3 Å². The monoisotopic (exact) mass is 251 g/mol. The third kappa shape index (κ3) is 3.96. The number of hydrogen-bond donors (Lipinski definition) is 0. The van der Waals surface area contributed by atoms with Crippen molar-refractivity contribution in [3.05, 3.63) is 24.3 Å². The molecule has 7 heteroatoms. The van der Waals surface area contributed by atoms with Gasteiger partial charge in [-0.25, -0.2) is 4.21 Å². The SMILES string of the molecule is CS(C)(=O)=Nc1ccc(S(=O)(=O)F)cc1. The molecule has 0 saturated heterocycles. The predicted molar refractivity (Wildman–Crippen MR) is 56.8 cm³/mol. The van der Waals surface area contributed by atoms with Crippen molar-refractivity contribution in [2.45, 2.75) is 4.90 Å². The van der Waals surface area contributed by atoms with Crippen LogP contribution in [-0.4, -0.2) is 25.1 Å². The van der Waals surface area contributed by atoms with Crippen LogP contribution in [0.3, 0.4) is 0 Å². The van der Waals surface area contributed by atoms with Crippen LogP contribution < -0.4 is 0 Å². The highest BCUT2D eigenvalue weighted by Crippen LogP contribution is 2.18. The molecule has 0 aliphatic rings. The van der Waals surface area contributed by atoms with Gasteiger partial charge in [0.25, 0.3) is 0 Å². The summed E-state index contributed by atoms with van der Waals surface area (Å²) in [5.41, 5.74) is 0.359. The largest absolute Gasteiger partial charge is 0.332 e. The summed E-state index contributed by atoms with van der Waals surface area (Å²) in [6.45, 7) is 0. The van der Waals surface area contributed by atoms with Crippen molar-refractivity contribution in [1.82, 2.24) is 0 Å². The molecular formula is C8H10FNO3S2. The van der Waals surface area contributed by atoms with E-state index in [-0.39, 0.29) is 0 Å². The maximum Gasteiger partial charge on any atom is 0.332 e. The zero-order valence-corrected chi connectivity index (χ0v) is 9.81. The molecule has 0 aliphatic carbocycles. The highest BCUT2D eigenvalue weighted by molar-refractivity contribution is 7.92. The first kappa shape index (κ1) is 12.1. The molecule has 0 bridgehead atoms. The summed E-state index contributed by atoms with van der Waals surface area (Å²) in [6, 6.07) is 4.77. The van der Waals surface area contributed by atoms with E-state index in [4.69, 9.17) is 0 Å². The third-order valence-electron chi connectivity index (χ3n) is 1.44. The zero-order chi connectivity index (χ0) is 11.7. The predicted octanol–water partition coefficient (Wildman–Crippen LogP) is 1.70. The highest BCUT2D eigenvalue weighted by Gasteiger charge is 2.10. The summed E-state index contributed by atoms with van der Waals surface area (Å²) in [7, 11) is -6.97. The molecule has 0 spiro atoms. The van der Waals surface area contributed by atoms with Crippen LogP contribution >= 0.6 is 0 Å². The molecule has 0 fully saturated rings. The minimum absolute atomic E-state index is 0.359. The summed E-state index contributed by atoms with van der Waals surface area (Å²) in [5, 5.41) is 0. The second-order valence-corrected chi connectivity index (χ2v) is 7.10. The molecular weight excluding hydrogens is 241 g/mol. The molecule has 0 saturated carbocycles. The van der Waals surface area contributed by atoms with Gasteiger partial charge in [0.2, 0.25) is 0 Å². The number of benzene rings is 1. The van der Waals surface area contributed by atoms with Crippen molar-refractivity contribution < 1.29 is 16.5 Å². The van der Waals surface area contributed by atoms with E-state index in [0.29, 0.717) is 5.69 Å². The normalized spacial score (nSPS) is 12.5. The minimum Gasteiger partial charge on any atom is -0.250 e. The maximum absolute atomic E-state index is 12.5. The Balaban J connectivity index is 3.19. The first-order chi connectivity index (χ1) is 6.68. The molecule has 0 aromatic heterocycles. The van der Waals surface area contributed by atoms with E-state index in [1.54, 1.807) is 0 Å². The standard InChI is InChI=1S/C8H10FNO3S2/c1-14(2,11)10-7-3-5-8(6-4-7)15(9,12)13/h3-6H,1-2H3. The van der Waals surface area contributed by atoms with Gasteiger partial charge in [0.05, 0.1) is 10.6 Å². The van der Waals surface area contributed by atoms with Crippen LogP contribution in [0.15, 0.2) is 33.5 Å². The third-order valence-corrected chi connectivity index (χ3v) is 2.93. The lowest BCUT2D eigenvalue weighted by molar-refractivity contribution is 0.552. The smallest absolute Gasteiger partial charge is 0.250 e. The Morgan fingerprint density at radius 3 is 1.87 bits per heavy atom. The summed E-state index contributed by atoms with van der Waals surface area (Å²) >= 11 is 0. The first-order valence-electron chi connectivity index (χ1n) is 3.90. The topological polar surface area (TPSA) is 63.6 Å². The minimum atomic E-state index is -4.68. The fourth-order valence-electron chi connectivity index (χ4n) is 0.923. The van der Waals surface area contributed by atoms with Crippen molar-refractivity contribution in [1.29, 1.82) is 0 Å². The van der Waals surface area contributed by atoms with Crippen LogP contribution in [0, 0.1) is 0 Å². The van der Waals surface area contributed by atoms with E-state index < -0.39 is 24.8 Å². The number of halogens is 1. The molecule has 1 aromatic carbocycles. The van der Waals surface area contributed by atoms with Crippen molar-refractivity contribution in [2.24, 2.45) is 4.36 Å². The van der Waals surface area contributed by atoms with Gasteiger partial charge >= 0.3 is 10.2 Å². The van der Waals surface area contributed by atoms with E-state index >= 15 is 0 Å². The van der Waals surface area contributed by atoms with Crippen LogP contribution in [0.1, 0.15) is 0 Å². The fourth-order valence-corrected chi connectivity index (χ4v) is 2.01. The Morgan fingerprint density at radius 2 is 1.53 bits per heavy atom. The molecule has 84 valence electrons. The van der Waals surface area contributed by atoms with Crippen LogP contribution in [-0.2, 0) is 20.0 Å². The molecule has 1 aromatic rings. The Kier molecular flexibility index (Phi) is 3.15. The lowest BCUT2D eigenvalue weighted by Crippen LogP contribution is -1.91. The van der Waals surface area contributed by atoms with Crippen molar-refractivity contribution in [3.8, 4) is 0 Å². The van der Waals surface area contributed by atoms with Gasteiger partial charge in [-0.2, -0.15) is 12.8 Å². The van der Waals surface area contributed by atoms with E-state index in [2.05, 4.69) is 4.36 Å². The second kappa shape index (κ2) is 3.90. The number of rotatable bonds is 2. The molecule has 0 N–H and O–H groups in total. The maximum atomic E-state index is 12.5. The van der Waals surface area contributed by atoms with E-state index in [0.717, 1.165) is 12.1 Å². The Morgan fingerprint density at radius 1 is 1.07 bits per heavy atom. The van der Waals surface area contributed by atoms with Gasteiger partial charge < -0.3 is 0 Å². The Hall–Kier alpha value is -0.950. The van der Waals surface area contributed by atoms with Crippen LogP contribution in [0.2, 0.25) is 0 Å². The van der Waals surface area contributed by atoms with Gasteiger partial charge in [-0.15, -0.1) is 3.89 Å². The molecule has 0 amide bonds. The van der Waals surface area contributed by atoms with E-state index in [1.165, 1.54) is 24.6 Å². The van der Waals surface area contributed by atoms with Crippen LogP contribution in [0.5, 0.6) is 0 Å². The van der Waals surface area contributed by atoms with Gasteiger partial charge in [0.1, 0.15) is 0 Å². The summed E-state index contributed by atoms with van der Waals surface area (Å²) < 4.78 is 48.5. The van der Waals surface area contributed by atoms with E-state index in [1.807, 2.05) is 0 Å². The molecule has 0 unspecified atom stereocenters. The summed E-state index contributed by atoms with van der Waals surface area (Å²) in [4.78, 5) is -0.430. The fraction of sp³-hybridized carbons (Fsp3) is 0.250. The molecule has 4 nitrogen and oxygen atoms in total. The average molecular weight is 251 g/mol. The van der Waals surface area contributed by atoms with Gasteiger partial charge in [-0.1, -0.05) is 0 Å². The molecule has 0 aliphatic heterocycles. The second-order valence-electron chi connectivity index (χ2n) is 3.20. The van der Waals surface area contributed by atoms with Gasteiger partial charge in [-0.3, -0.25) is 0 Å². The molecule has 0 heterocycles. The lowest BCUT2D eigenvalue weighted by Gasteiger charge is -1.97. The van der Waals surface area contributed by atoms with Gasteiger partial charge in [0.15, 0.2) is 0 Å². The number of hydrogen-bond acceptors (Lipinski definition) is 4. The lowest BCUT2D eigenvalue weighted by atomic mass is 10.3.